The first-order valence-corrected chi connectivity index (χ1v) is 5.20. The molecule has 15 heavy (non-hydrogen) atoms. The number of alkyl carbamates (subject to hydrolysis) is 1. The molecule has 1 saturated heterocycles. The fourth-order valence-electron chi connectivity index (χ4n) is 1.89. The second-order valence-electron chi connectivity index (χ2n) is 4.15. The van der Waals surface area contributed by atoms with E-state index in [1.54, 1.807) is 0 Å². The SMILES string of the molecule is CC(C)[C@@H]1OC(=O)N[C@H]1c1ccccc1. The lowest BCUT2D eigenvalue weighted by atomic mass is 9.94. The predicted octanol–water partition coefficient (Wildman–Crippen LogP) is 2.49. The molecule has 0 aromatic heterocycles. The summed E-state index contributed by atoms with van der Waals surface area (Å²) in [7, 11) is 0. The molecular weight excluding hydrogens is 190 g/mol. The Bertz CT molecular complexity index is 348. The Hall–Kier alpha value is -1.51. The van der Waals surface area contributed by atoms with Crippen molar-refractivity contribution >= 4 is 6.09 Å². The van der Waals surface area contributed by atoms with Gasteiger partial charge in [0.15, 0.2) is 0 Å². The van der Waals surface area contributed by atoms with E-state index in [1.807, 2.05) is 30.3 Å². The molecule has 3 heteroatoms. The number of nitrogens with one attached hydrogen (secondary N) is 1. The maximum atomic E-state index is 11.2. The molecule has 2 atom stereocenters. The van der Waals surface area contributed by atoms with E-state index < -0.39 is 0 Å². The minimum Gasteiger partial charge on any atom is -0.443 e. The van der Waals surface area contributed by atoms with E-state index >= 15 is 0 Å². The normalized spacial score (nSPS) is 25.1. The van der Waals surface area contributed by atoms with Gasteiger partial charge in [-0.2, -0.15) is 0 Å². The van der Waals surface area contributed by atoms with E-state index in [1.165, 1.54) is 0 Å². The highest BCUT2D eigenvalue weighted by Crippen LogP contribution is 2.29. The van der Waals surface area contributed by atoms with Gasteiger partial charge in [0.25, 0.3) is 0 Å². The van der Waals surface area contributed by atoms with Crippen molar-refractivity contribution in [2.24, 2.45) is 5.92 Å². The molecule has 1 aromatic rings. The van der Waals surface area contributed by atoms with Gasteiger partial charge in [0.2, 0.25) is 0 Å². The summed E-state index contributed by atoms with van der Waals surface area (Å²) in [5.41, 5.74) is 1.10. The van der Waals surface area contributed by atoms with Crippen LogP contribution in [0.3, 0.4) is 0 Å². The quantitative estimate of drug-likeness (QED) is 0.805. The summed E-state index contributed by atoms with van der Waals surface area (Å²) in [4.78, 5) is 11.2. The lowest BCUT2D eigenvalue weighted by Gasteiger charge is -2.20. The molecule has 1 aromatic carbocycles. The van der Waals surface area contributed by atoms with Crippen LogP contribution < -0.4 is 5.32 Å². The summed E-state index contributed by atoms with van der Waals surface area (Å²) >= 11 is 0. The lowest BCUT2D eigenvalue weighted by Crippen LogP contribution is -2.26. The van der Waals surface area contributed by atoms with Crippen molar-refractivity contribution in [1.29, 1.82) is 0 Å². The number of amides is 1. The van der Waals surface area contributed by atoms with E-state index in [0.717, 1.165) is 5.56 Å². The Balaban J connectivity index is 2.24. The Morgan fingerprint density at radius 1 is 1.27 bits per heavy atom. The Morgan fingerprint density at radius 3 is 2.53 bits per heavy atom. The van der Waals surface area contributed by atoms with Crippen LogP contribution in [0.15, 0.2) is 30.3 Å². The molecule has 0 bridgehead atoms. The van der Waals surface area contributed by atoms with Gasteiger partial charge in [0, 0.05) is 0 Å². The van der Waals surface area contributed by atoms with Gasteiger partial charge in [-0.25, -0.2) is 4.79 Å². The second-order valence-corrected chi connectivity index (χ2v) is 4.15. The maximum absolute atomic E-state index is 11.2. The third-order valence-corrected chi connectivity index (χ3v) is 2.66. The smallest absolute Gasteiger partial charge is 0.408 e. The molecule has 0 unspecified atom stereocenters. The zero-order chi connectivity index (χ0) is 10.8. The molecule has 1 amide bonds. The molecular formula is C12H15NO2. The fourth-order valence-corrected chi connectivity index (χ4v) is 1.89. The topological polar surface area (TPSA) is 38.3 Å². The first kappa shape index (κ1) is 10.0. The van der Waals surface area contributed by atoms with Gasteiger partial charge in [-0.3, -0.25) is 0 Å². The van der Waals surface area contributed by atoms with E-state index in [2.05, 4.69) is 19.2 Å². The first-order valence-electron chi connectivity index (χ1n) is 5.20. The molecule has 1 heterocycles. The van der Waals surface area contributed by atoms with Gasteiger partial charge in [-0.15, -0.1) is 0 Å². The number of benzene rings is 1. The van der Waals surface area contributed by atoms with Crippen molar-refractivity contribution in [3.05, 3.63) is 35.9 Å². The molecule has 1 fully saturated rings. The summed E-state index contributed by atoms with van der Waals surface area (Å²) in [5, 5.41) is 2.84. The Labute approximate surface area is 89.4 Å². The highest BCUT2D eigenvalue weighted by Gasteiger charge is 2.36. The van der Waals surface area contributed by atoms with Crippen LogP contribution in [0.2, 0.25) is 0 Å². The molecule has 0 spiro atoms. The zero-order valence-electron chi connectivity index (χ0n) is 8.94. The van der Waals surface area contributed by atoms with Crippen LogP contribution in [0.4, 0.5) is 4.79 Å². The van der Waals surface area contributed by atoms with Crippen molar-refractivity contribution < 1.29 is 9.53 Å². The molecule has 0 saturated carbocycles. The van der Waals surface area contributed by atoms with Crippen LogP contribution in [0.1, 0.15) is 25.5 Å². The molecule has 1 N–H and O–H groups in total. The molecule has 2 rings (SSSR count). The average Bonchev–Trinajstić information content (AvgIpc) is 2.62. The van der Waals surface area contributed by atoms with Crippen molar-refractivity contribution in [3.63, 3.8) is 0 Å². The van der Waals surface area contributed by atoms with E-state index in [4.69, 9.17) is 4.74 Å². The molecule has 1 aliphatic rings. The van der Waals surface area contributed by atoms with Gasteiger partial charge < -0.3 is 10.1 Å². The van der Waals surface area contributed by atoms with Gasteiger partial charge in [0.05, 0.1) is 6.04 Å². The summed E-state index contributed by atoms with van der Waals surface area (Å²) < 4.78 is 5.24. The molecule has 0 radical (unpaired) electrons. The maximum Gasteiger partial charge on any atom is 0.408 e. The van der Waals surface area contributed by atoms with Gasteiger partial charge in [-0.1, -0.05) is 44.2 Å². The van der Waals surface area contributed by atoms with Crippen molar-refractivity contribution in [1.82, 2.24) is 5.32 Å². The second kappa shape index (κ2) is 3.93. The predicted molar refractivity (Wildman–Crippen MR) is 57.4 cm³/mol. The minimum absolute atomic E-state index is 0.0151. The van der Waals surface area contributed by atoms with Gasteiger partial charge in [-0.05, 0) is 11.5 Å². The van der Waals surface area contributed by atoms with E-state index in [-0.39, 0.29) is 18.2 Å². The van der Waals surface area contributed by atoms with Gasteiger partial charge in [0.1, 0.15) is 6.10 Å². The fraction of sp³-hybridized carbons (Fsp3) is 0.417. The third kappa shape index (κ3) is 1.96. The zero-order valence-corrected chi connectivity index (χ0v) is 8.94. The third-order valence-electron chi connectivity index (χ3n) is 2.66. The number of carbonyl (C=O) groups excluding carboxylic acids is 1. The monoisotopic (exact) mass is 205 g/mol. The van der Waals surface area contributed by atoms with Crippen LogP contribution in [0.25, 0.3) is 0 Å². The Morgan fingerprint density at radius 2 is 1.93 bits per heavy atom. The molecule has 3 nitrogen and oxygen atoms in total. The highest BCUT2D eigenvalue weighted by atomic mass is 16.6. The molecule has 80 valence electrons. The van der Waals surface area contributed by atoms with Crippen molar-refractivity contribution in [3.8, 4) is 0 Å². The number of carbonyl (C=O) groups is 1. The summed E-state index contributed by atoms with van der Waals surface area (Å²) in [6, 6.07) is 9.91. The van der Waals surface area contributed by atoms with Crippen LogP contribution in [-0.4, -0.2) is 12.2 Å². The summed E-state index contributed by atoms with van der Waals surface area (Å²) in [6.07, 6.45) is -0.387. The summed E-state index contributed by atoms with van der Waals surface area (Å²) in [5.74, 6) is 0.314. The number of ether oxygens (including phenoxy) is 1. The number of rotatable bonds is 2. The van der Waals surface area contributed by atoms with Crippen LogP contribution in [0.5, 0.6) is 0 Å². The standard InChI is InChI=1S/C12H15NO2/c1-8(2)11-10(13-12(14)15-11)9-6-4-3-5-7-9/h3-8,10-11H,1-2H3,(H,13,14)/t10-,11-/m0/s1. The average molecular weight is 205 g/mol. The number of cyclic esters (lactones) is 1. The molecule has 0 aliphatic carbocycles. The van der Waals surface area contributed by atoms with Gasteiger partial charge >= 0.3 is 6.09 Å². The van der Waals surface area contributed by atoms with Crippen LogP contribution in [-0.2, 0) is 4.74 Å². The van der Waals surface area contributed by atoms with Crippen LogP contribution in [0, 0.1) is 5.92 Å². The largest absolute Gasteiger partial charge is 0.443 e. The molecule has 1 aliphatic heterocycles. The highest BCUT2D eigenvalue weighted by molar-refractivity contribution is 5.70. The van der Waals surface area contributed by atoms with Crippen molar-refractivity contribution in [2.45, 2.75) is 26.0 Å². The Kier molecular flexibility index (Phi) is 2.62. The number of hydrogen-bond acceptors (Lipinski definition) is 2. The van der Waals surface area contributed by atoms with E-state index in [9.17, 15) is 4.79 Å². The summed E-state index contributed by atoms with van der Waals surface area (Å²) in [6.45, 7) is 4.11. The minimum atomic E-state index is -0.317. The lowest BCUT2D eigenvalue weighted by molar-refractivity contribution is 0.102. The first-order chi connectivity index (χ1) is 7.18. The van der Waals surface area contributed by atoms with Crippen LogP contribution >= 0.6 is 0 Å². The van der Waals surface area contributed by atoms with E-state index in [0.29, 0.717) is 5.92 Å². The number of hydrogen-bond donors (Lipinski definition) is 1. The van der Waals surface area contributed by atoms with Crippen molar-refractivity contribution in [2.75, 3.05) is 0 Å².